The SMILES string of the molecule is Nc1cc(C(=O)Nc2ccc3nccnc3c2)ccc1F. The zero-order chi connectivity index (χ0) is 14.8. The number of rotatable bonds is 2. The zero-order valence-corrected chi connectivity index (χ0v) is 10.9. The normalized spacial score (nSPS) is 10.5. The highest BCUT2D eigenvalue weighted by molar-refractivity contribution is 6.05. The van der Waals surface area contributed by atoms with Crippen LogP contribution in [0.2, 0.25) is 0 Å². The van der Waals surface area contributed by atoms with Crippen LogP contribution in [0.4, 0.5) is 15.8 Å². The first-order valence-electron chi connectivity index (χ1n) is 6.20. The third kappa shape index (κ3) is 2.64. The maximum Gasteiger partial charge on any atom is 0.255 e. The molecule has 0 saturated carbocycles. The fourth-order valence-electron chi connectivity index (χ4n) is 1.93. The minimum absolute atomic E-state index is 0.0629. The largest absolute Gasteiger partial charge is 0.396 e. The van der Waals surface area contributed by atoms with E-state index in [0.717, 1.165) is 11.6 Å². The predicted molar refractivity (Wildman–Crippen MR) is 78.3 cm³/mol. The molecule has 1 aromatic heterocycles. The van der Waals surface area contributed by atoms with Crippen LogP contribution in [0.5, 0.6) is 0 Å². The predicted octanol–water partition coefficient (Wildman–Crippen LogP) is 2.60. The smallest absolute Gasteiger partial charge is 0.255 e. The molecule has 0 aliphatic rings. The molecule has 0 aliphatic carbocycles. The number of benzene rings is 2. The number of nitrogens with zero attached hydrogens (tertiary/aromatic N) is 2. The van der Waals surface area contributed by atoms with Crippen molar-refractivity contribution >= 4 is 28.3 Å². The summed E-state index contributed by atoms with van der Waals surface area (Å²) in [5.74, 6) is -0.919. The van der Waals surface area contributed by atoms with Gasteiger partial charge in [0.15, 0.2) is 0 Å². The lowest BCUT2D eigenvalue weighted by Crippen LogP contribution is -2.12. The summed E-state index contributed by atoms with van der Waals surface area (Å²) in [4.78, 5) is 20.4. The molecule has 0 spiro atoms. The Morgan fingerprint density at radius 2 is 1.81 bits per heavy atom. The maximum absolute atomic E-state index is 13.1. The van der Waals surface area contributed by atoms with E-state index in [0.29, 0.717) is 11.2 Å². The molecule has 0 atom stereocenters. The molecule has 21 heavy (non-hydrogen) atoms. The molecule has 1 amide bonds. The van der Waals surface area contributed by atoms with Crippen molar-refractivity contribution in [3.05, 3.63) is 60.2 Å². The number of carbonyl (C=O) groups is 1. The minimum atomic E-state index is -0.549. The van der Waals surface area contributed by atoms with Gasteiger partial charge in [-0.3, -0.25) is 14.8 Å². The van der Waals surface area contributed by atoms with Gasteiger partial charge >= 0.3 is 0 Å². The quantitative estimate of drug-likeness (QED) is 0.708. The first kappa shape index (κ1) is 13.0. The van der Waals surface area contributed by atoms with Crippen molar-refractivity contribution in [1.29, 1.82) is 0 Å². The minimum Gasteiger partial charge on any atom is -0.396 e. The van der Waals surface area contributed by atoms with E-state index < -0.39 is 5.82 Å². The summed E-state index contributed by atoms with van der Waals surface area (Å²) in [6.45, 7) is 0. The summed E-state index contributed by atoms with van der Waals surface area (Å²) >= 11 is 0. The monoisotopic (exact) mass is 282 g/mol. The molecule has 0 fully saturated rings. The second-order valence-corrected chi connectivity index (χ2v) is 4.45. The van der Waals surface area contributed by atoms with Crippen molar-refractivity contribution < 1.29 is 9.18 Å². The van der Waals surface area contributed by atoms with Crippen molar-refractivity contribution in [3.8, 4) is 0 Å². The van der Waals surface area contributed by atoms with Gasteiger partial charge in [-0.2, -0.15) is 0 Å². The summed E-state index contributed by atoms with van der Waals surface area (Å²) in [5.41, 5.74) is 7.67. The highest BCUT2D eigenvalue weighted by atomic mass is 19.1. The average Bonchev–Trinajstić information content (AvgIpc) is 2.50. The molecule has 1 heterocycles. The fraction of sp³-hybridized carbons (Fsp3) is 0. The third-order valence-electron chi connectivity index (χ3n) is 2.99. The number of carbonyl (C=O) groups excluding carboxylic acids is 1. The summed E-state index contributed by atoms with van der Waals surface area (Å²) in [7, 11) is 0. The van der Waals surface area contributed by atoms with Gasteiger partial charge in [0.1, 0.15) is 5.82 Å². The van der Waals surface area contributed by atoms with Gasteiger partial charge in [-0.1, -0.05) is 0 Å². The summed E-state index contributed by atoms with van der Waals surface area (Å²) < 4.78 is 13.1. The number of hydrogen-bond acceptors (Lipinski definition) is 4. The summed E-state index contributed by atoms with van der Waals surface area (Å²) in [6, 6.07) is 9.04. The molecule has 3 rings (SSSR count). The van der Waals surface area contributed by atoms with Crippen LogP contribution in [0.1, 0.15) is 10.4 Å². The Kier molecular flexibility index (Phi) is 3.19. The van der Waals surface area contributed by atoms with E-state index in [2.05, 4.69) is 15.3 Å². The van der Waals surface area contributed by atoms with Gasteiger partial charge in [0, 0.05) is 23.6 Å². The Labute approximate surface area is 119 Å². The van der Waals surface area contributed by atoms with Gasteiger partial charge in [-0.15, -0.1) is 0 Å². The number of anilines is 2. The molecule has 3 N–H and O–H groups in total. The molecule has 0 aliphatic heterocycles. The molecule has 2 aromatic carbocycles. The van der Waals surface area contributed by atoms with Crippen molar-refractivity contribution in [1.82, 2.24) is 9.97 Å². The number of amides is 1. The van der Waals surface area contributed by atoms with E-state index >= 15 is 0 Å². The second-order valence-electron chi connectivity index (χ2n) is 4.45. The number of hydrogen-bond donors (Lipinski definition) is 2. The van der Waals surface area contributed by atoms with Crippen LogP contribution >= 0.6 is 0 Å². The van der Waals surface area contributed by atoms with Crippen LogP contribution in [0.25, 0.3) is 11.0 Å². The molecule has 6 heteroatoms. The Morgan fingerprint density at radius 1 is 1.05 bits per heavy atom. The van der Waals surface area contributed by atoms with E-state index in [1.54, 1.807) is 30.6 Å². The van der Waals surface area contributed by atoms with Crippen molar-refractivity contribution in [2.75, 3.05) is 11.1 Å². The van der Waals surface area contributed by atoms with E-state index in [1.165, 1.54) is 12.1 Å². The van der Waals surface area contributed by atoms with E-state index in [9.17, 15) is 9.18 Å². The van der Waals surface area contributed by atoms with Gasteiger partial charge in [0.25, 0.3) is 5.91 Å². The van der Waals surface area contributed by atoms with Crippen molar-refractivity contribution in [2.24, 2.45) is 0 Å². The van der Waals surface area contributed by atoms with Gasteiger partial charge in [-0.05, 0) is 36.4 Å². The molecule has 0 radical (unpaired) electrons. The number of nitrogens with two attached hydrogens (primary N) is 1. The van der Waals surface area contributed by atoms with Crippen molar-refractivity contribution in [3.63, 3.8) is 0 Å². The summed E-state index contributed by atoms with van der Waals surface area (Å²) in [5, 5.41) is 2.71. The van der Waals surface area contributed by atoms with Crippen LogP contribution in [0.15, 0.2) is 48.8 Å². The first-order valence-corrected chi connectivity index (χ1v) is 6.20. The van der Waals surface area contributed by atoms with Crippen LogP contribution in [-0.2, 0) is 0 Å². The Bertz CT molecular complexity index is 835. The van der Waals surface area contributed by atoms with Gasteiger partial charge in [0.2, 0.25) is 0 Å². The lowest BCUT2D eigenvalue weighted by atomic mass is 10.1. The van der Waals surface area contributed by atoms with Crippen LogP contribution < -0.4 is 11.1 Å². The number of fused-ring (bicyclic) bond motifs is 1. The van der Waals surface area contributed by atoms with Gasteiger partial charge < -0.3 is 11.1 Å². The Hall–Kier alpha value is -3.02. The molecular weight excluding hydrogens is 271 g/mol. The van der Waals surface area contributed by atoms with E-state index in [4.69, 9.17) is 5.73 Å². The molecule has 0 unspecified atom stereocenters. The number of nitrogens with one attached hydrogen (secondary N) is 1. The second kappa shape index (κ2) is 5.16. The Balaban J connectivity index is 1.87. The third-order valence-corrected chi connectivity index (χ3v) is 2.99. The van der Waals surface area contributed by atoms with E-state index in [1.807, 2.05) is 0 Å². The molecular formula is C15H11FN4O. The highest BCUT2D eigenvalue weighted by Gasteiger charge is 2.09. The average molecular weight is 282 g/mol. The van der Waals surface area contributed by atoms with E-state index in [-0.39, 0.29) is 17.2 Å². The molecule has 0 saturated heterocycles. The van der Waals surface area contributed by atoms with Gasteiger partial charge in [-0.25, -0.2) is 4.39 Å². The van der Waals surface area contributed by atoms with Crippen molar-refractivity contribution in [2.45, 2.75) is 0 Å². The number of nitrogen functional groups attached to an aromatic ring is 1. The number of aromatic nitrogens is 2. The number of halogens is 1. The molecule has 5 nitrogen and oxygen atoms in total. The molecule has 0 bridgehead atoms. The molecule has 3 aromatic rings. The first-order chi connectivity index (χ1) is 10.1. The Morgan fingerprint density at radius 3 is 2.57 bits per heavy atom. The lowest BCUT2D eigenvalue weighted by Gasteiger charge is -2.07. The lowest BCUT2D eigenvalue weighted by molar-refractivity contribution is 0.102. The zero-order valence-electron chi connectivity index (χ0n) is 10.9. The fourth-order valence-corrected chi connectivity index (χ4v) is 1.93. The topological polar surface area (TPSA) is 80.9 Å². The highest BCUT2D eigenvalue weighted by Crippen LogP contribution is 2.17. The van der Waals surface area contributed by atoms with Crippen LogP contribution in [0.3, 0.4) is 0 Å². The standard InChI is InChI=1S/C15H11FN4O/c16-11-3-1-9(7-12(11)17)15(21)20-10-2-4-13-14(8-10)19-6-5-18-13/h1-8H,17H2,(H,20,21). The van der Waals surface area contributed by atoms with Gasteiger partial charge in [0.05, 0.1) is 16.7 Å². The maximum atomic E-state index is 13.1. The van der Waals surface area contributed by atoms with Crippen LogP contribution in [-0.4, -0.2) is 15.9 Å². The summed E-state index contributed by atoms with van der Waals surface area (Å²) in [6.07, 6.45) is 3.18. The van der Waals surface area contributed by atoms with Crippen LogP contribution in [0, 0.1) is 5.82 Å². The molecule has 104 valence electrons.